The second-order valence-corrected chi connectivity index (χ2v) is 5.51. The molecule has 1 N–H and O–H groups in total. The van der Waals surface area contributed by atoms with Gasteiger partial charge in [0.2, 0.25) is 0 Å². The molecule has 2 aromatic rings. The molecule has 0 amide bonds. The number of nitrogens with zero attached hydrogens (tertiary/aromatic N) is 5. The fraction of sp³-hybridized carbons (Fsp3) is 0.643. The molecule has 1 aliphatic rings. The molecule has 0 radical (unpaired) electrons. The second kappa shape index (κ2) is 5.75. The number of aryl methyl sites for hydroxylation is 2. The third-order valence-corrected chi connectivity index (χ3v) is 3.83. The first-order valence-corrected chi connectivity index (χ1v) is 7.41. The van der Waals surface area contributed by atoms with Crippen LogP contribution in [-0.2, 0) is 20.0 Å². The van der Waals surface area contributed by atoms with Gasteiger partial charge in [0, 0.05) is 18.4 Å². The fourth-order valence-corrected chi connectivity index (χ4v) is 2.92. The van der Waals surface area contributed by atoms with Crippen molar-refractivity contribution in [3.05, 3.63) is 29.3 Å². The third kappa shape index (κ3) is 2.75. The lowest BCUT2D eigenvalue weighted by molar-refractivity contribution is 0.462. The van der Waals surface area contributed by atoms with Gasteiger partial charge in [-0.2, -0.15) is 4.80 Å². The molecule has 3 rings (SSSR count). The van der Waals surface area contributed by atoms with Crippen molar-refractivity contribution in [1.82, 2.24) is 30.1 Å². The zero-order valence-electron chi connectivity index (χ0n) is 12.2. The van der Waals surface area contributed by atoms with Crippen molar-refractivity contribution in [3.63, 3.8) is 0 Å². The molecule has 1 aliphatic carbocycles. The number of hydrogen-bond acceptors (Lipinski definition) is 4. The van der Waals surface area contributed by atoms with Gasteiger partial charge in [-0.25, -0.2) is 0 Å². The Balaban J connectivity index is 1.76. The Morgan fingerprint density at radius 3 is 3.05 bits per heavy atom. The van der Waals surface area contributed by atoms with E-state index >= 15 is 0 Å². The summed E-state index contributed by atoms with van der Waals surface area (Å²) in [5, 5.41) is 15.8. The summed E-state index contributed by atoms with van der Waals surface area (Å²) >= 11 is 0. The first kappa shape index (κ1) is 13.3. The SMILES string of the molecule is CCCNC1CCCc2cn(Cc3nnn(C)n3)cc21. The molecule has 0 saturated carbocycles. The molecule has 0 fully saturated rings. The molecule has 1 atom stereocenters. The van der Waals surface area contributed by atoms with Crippen LogP contribution in [0.5, 0.6) is 0 Å². The molecule has 0 spiro atoms. The largest absolute Gasteiger partial charge is 0.346 e. The van der Waals surface area contributed by atoms with E-state index in [0.29, 0.717) is 12.6 Å². The Hall–Kier alpha value is -1.69. The standard InChI is InChI=1S/C14H22N6/c1-3-7-15-13-6-4-5-11-8-20(9-12(11)13)10-14-16-18-19(2)17-14/h8-9,13,15H,3-7,10H2,1-2H3. The Kier molecular flexibility index (Phi) is 3.82. The van der Waals surface area contributed by atoms with Gasteiger partial charge in [-0.05, 0) is 48.6 Å². The van der Waals surface area contributed by atoms with Gasteiger partial charge in [0.25, 0.3) is 0 Å². The van der Waals surface area contributed by atoms with Crippen molar-refractivity contribution < 1.29 is 0 Å². The van der Waals surface area contributed by atoms with Crippen LogP contribution in [0.1, 0.15) is 49.2 Å². The second-order valence-electron chi connectivity index (χ2n) is 5.51. The zero-order chi connectivity index (χ0) is 13.9. The Labute approximate surface area is 119 Å². The molecule has 6 heteroatoms. The maximum absolute atomic E-state index is 4.24. The maximum Gasteiger partial charge on any atom is 0.194 e. The summed E-state index contributed by atoms with van der Waals surface area (Å²) in [4.78, 5) is 1.50. The van der Waals surface area contributed by atoms with E-state index in [-0.39, 0.29) is 0 Å². The molecular formula is C14H22N6. The summed E-state index contributed by atoms with van der Waals surface area (Å²) in [6.07, 6.45) is 9.35. The summed E-state index contributed by atoms with van der Waals surface area (Å²) in [5.41, 5.74) is 2.92. The van der Waals surface area contributed by atoms with Crippen LogP contribution in [0.2, 0.25) is 0 Å². The van der Waals surface area contributed by atoms with E-state index in [0.717, 1.165) is 12.4 Å². The molecule has 1 unspecified atom stereocenters. The molecule has 108 valence electrons. The molecule has 2 aromatic heterocycles. The third-order valence-electron chi connectivity index (χ3n) is 3.83. The molecule has 20 heavy (non-hydrogen) atoms. The van der Waals surface area contributed by atoms with Crippen molar-refractivity contribution in [3.8, 4) is 0 Å². The van der Waals surface area contributed by atoms with E-state index in [9.17, 15) is 0 Å². The normalized spacial score (nSPS) is 18.2. The van der Waals surface area contributed by atoms with Gasteiger partial charge < -0.3 is 9.88 Å². The Bertz CT molecular complexity index is 570. The topological polar surface area (TPSA) is 60.6 Å². The highest BCUT2D eigenvalue weighted by Gasteiger charge is 2.21. The maximum atomic E-state index is 4.24. The van der Waals surface area contributed by atoms with Crippen LogP contribution < -0.4 is 5.32 Å². The predicted octanol–water partition coefficient (Wildman–Crippen LogP) is 1.44. The van der Waals surface area contributed by atoms with Gasteiger partial charge in [0.15, 0.2) is 5.82 Å². The van der Waals surface area contributed by atoms with Gasteiger partial charge in [-0.3, -0.25) is 0 Å². The van der Waals surface area contributed by atoms with E-state index in [1.54, 1.807) is 7.05 Å². The summed E-state index contributed by atoms with van der Waals surface area (Å²) in [7, 11) is 1.79. The average Bonchev–Trinajstić information content (AvgIpc) is 3.02. The van der Waals surface area contributed by atoms with E-state index < -0.39 is 0 Å². The van der Waals surface area contributed by atoms with Gasteiger partial charge in [0.05, 0.1) is 13.6 Å². The van der Waals surface area contributed by atoms with Gasteiger partial charge in [0.1, 0.15) is 0 Å². The van der Waals surface area contributed by atoms with Gasteiger partial charge in [-0.1, -0.05) is 6.92 Å². The molecule has 0 saturated heterocycles. The molecule has 0 aromatic carbocycles. The highest BCUT2D eigenvalue weighted by molar-refractivity contribution is 5.30. The minimum atomic E-state index is 0.509. The van der Waals surface area contributed by atoms with Crippen LogP contribution in [0.3, 0.4) is 0 Å². The molecule has 6 nitrogen and oxygen atoms in total. The molecule has 0 bridgehead atoms. The number of nitrogens with one attached hydrogen (secondary N) is 1. The smallest absolute Gasteiger partial charge is 0.194 e. The van der Waals surface area contributed by atoms with Crippen LogP contribution in [0, 0.1) is 0 Å². The molecule has 0 aliphatic heterocycles. The van der Waals surface area contributed by atoms with Crippen LogP contribution in [0.25, 0.3) is 0 Å². The zero-order valence-corrected chi connectivity index (χ0v) is 12.2. The highest BCUT2D eigenvalue weighted by Crippen LogP contribution is 2.30. The minimum absolute atomic E-state index is 0.509. The quantitative estimate of drug-likeness (QED) is 0.896. The highest BCUT2D eigenvalue weighted by atomic mass is 15.6. The lowest BCUT2D eigenvalue weighted by atomic mass is 9.91. The number of rotatable bonds is 5. The van der Waals surface area contributed by atoms with Crippen molar-refractivity contribution in [2.45, 2.75) is 45.2 Å². The summed E-state index contributed by atoms with van der Waals surface area (Å²) in [6.45, 7) is 3.99. The molecule has 2 heterocycles. The summed E-state index contributed by atoms with van der Waals surface area (Å²) in [5.74, 6) is 0.762. The van der Waals surface area contributed by atoms with Crippen LogP contribution >= 0.6 is 0 Å². The fourth-order valence-electron chi connectivity index (χ4n) is 2.92. The number of hydrogen-bond donors (Lipinski definition) is 1. The Morgan fingerprint density at radius 1 is 1.40 bits per heavy atom. The van der Waals surface area contributed by atoms with Crippen LogP contribution in [0.15, 0.2) is 12.4 Å². The van der Waals surface area contributed by atoms with E-state index in [2.05, 4.69) is 44.6 Å². The van der Waals surface area contributed by atoms with E-state index in [1.165, 1.54) is 41.6 Å². The lowest BCUT2D eigenvalue weighted by Gasteiger charge is -2.23. The monoisotopic (exact) mass is 274 g/mol. The Morgan fingerprint density at radius 2 is 2.30 bits per heavy atom. The van der Waals surface area contributed by atoms with Crippen molar-refractivity contribution in [1.29, 1.82) is 0 Å². The van der Waals surface area contributed by atoms with Crippen molar-refractivity contribution >= 4 is 0 Å². The van der Waals surface area contributed by atoms with Gasteiger partial charge >= 0.3 is 0 Å². The van der Waals surface area contributed by atoms with Crippen LogP contribution in [0.4, 0.5) is 0 Å². The van der Waals surface area contributed by atoms with Crippen molar-refractivity contribution in [2.24, 2.45) is 7.05 Å². The number of tetrazole rings is 1. The van der Waals surface area contributed by atoms with E-state index in [1.807, 2.05) is 0 Å². The first-order valence-electron chi connectivity index (χ1n) is 7.41. The van der Waals surface area contributed by atoms with Crippen molar-refractivity contribution in [2.75, 3.05) is 6.54 Å². The predicted molar refractivity (Wildman–Crippen MR) is 76.3 cm³/mol. The molecular weight excluding hydrogens is 252 g/mol. The summed E-state index contributed by atoms with van der Waals surface area (Å²) in [6, 6.07) is 0.509. The number of fused-ring (bicyclic) bond motifs is 1. The summed E-state index contributed by atoms with van der Waals surface area (Å²) < 4.78 is 2.19. The van der Waals surface area contributed by atoms with Crippen LogP contribution in [-0.4, -0.2) is 31.3 Å². The first-order chi connectivity index (χ1) is 9.76. The van der Waals surface area contributed by atoms with Gasteiger partial charge in [-0.15, -0.1) is 10.2 Å². The number of aromatic nitrogens is 5. The average molecular weight is 274 g/mol. The minimum Gasteiger partial charge on any atom is -0.346 e. The lowest BCUT2D eigenvalue weighted by Crippen LogP contribution is -2.24. The van der Waals surface area contributed by atoms with E-state index in [4.69, 9.17) is 0 Å².